The molecule has 0 aliphatic rings. The first-order valence-corrected chi connectivity index (χ1v) is 15.9. The Bertz CT molecular complexity index is 1480. The minimum absolute atomic E-state index is 0.215. The molecule has 2 unspecified atom stereocenters. The maximum atomic E-state index is 4.51. The van der Waals surface area contributed by atoms with E-state index in [9.17, 15) is 0 Å². The van der Waals surface area contributed by atoms with Gasteiger partial charge in [-0.15, -0.1) is 0 Å². The third kappa shape index (κ3) is 9.07. The zero-order valence-electron chi connectivity index (χ0n) is 26.4. The van der Waals surface area contributed by atoms with Crippen molar-refractivity contribution in [2.45, 2.75) is 52.4 Å². The Morgan fingerprint density at radius 1 is 0.727 bits per heavy atom. The van der Waals surface area contributed by atoms with Crippen molar-refractivity contribution < 1.29 is 0 Å². The zero-order valence-corrected chi connectivity index (χ0v) is 26.4. The number of benzene rings is 2. The lowest BCUT2D eigenvalue weighted by Gasteiger charge is -2.25. The van der Waals surface area contributed by atoms with E-state index in [1.54, 1.807) is 0 Å². The second-order valence-electron chi connectivity index (χ2n) is 11.7. The summed E-state index contributed by atoms with van der Waals surface area (Å²) in [4.78, 5) is 15.0. The van der Waals surface area contributed by atoms with Gasteiger partial charge >= 0.3 is 0 Å². The fourth-order valence-corrected chi connectivity index (χ4v) is 5.67. The molecule has 0 amide bonds. The fourth-order valence-electron chi connectivity index (χ4n) is 5.67. The second-order valence-corrected chi connectivity index (χ2v) is 11.7. The molecule has 3 heterocycles. The highest BCUT2D eigenvalue weighted by Crippen LogP contribution is 2.21. The highest BCUT2D eigenvalue weighted by Gasteiger charge is 2.11. The minimum atomic E-state index is 0.215. The molecule has 5 aromatic rings. The first-order valence-electron chi connectivity index (χ1n) is 15.9. The van der Waals surface area contributed by atoms with Gasteiger partial charge in [0.15, 0.2) is 0 Å². The number of pyridine rings is 2. The lowest BCUT2D eigenvalue weighted by molar-refractivity contribution is 0.257. The van der Waals surface area contributed by atoms with Crippen molar-refractivity contribution in [3.05, 3.63) is 131 Å². The van der Waals surface area contributed by atoms with E-state index >= 15 is 0 Å². The molecule has 7 nitrogen and oxygen atoms in total. The third-order valence-electron chi connectivity index (χ3n) is 8.36. The number of fused-ring (bicyclic) bond motifs is 1. The maximum absolute atomic E-state index is 4.51. The predicted molar refractivity (Wildman–Crippen MR) is 181 cm³/mol. The monoisotopic (exact) mass is 589 g/mol. The minimum Gasteiger partial charge on any atom is -0.361 e. The molecular formula is C37H47N7. The van der Waals surface area contributed by atoms with Crippen molar-refractivity contribution >= 4 is 10.9 Å². The summed E-state index contributed by atoms with van der Waals surface area (Å²) >= 11 is 0. The third-order valence-corrected chi connectivity index (χ3v) is 8.36. The van der Waals surface area contributed by atoms with E-state index in [-0.39, 0.29) is 12.1 Å². The van der Waals surface area contributed by atoms with Crippen LogP contribution in [-0.2, 0) is 19.5 Å². The zero-order chi connectivity index (χ0) is 30.6. The second kappa shape index (κ2) is 16.3. The number of hydrogen-bond acceptors (Lipinski definition) is 6. The molecule has 7 heteroatoms. The predicted octanol–water partition coefficient (Wildman–Crippen LogP) is 6.10. The topological polar surface area (TPSA) is 80.9 Å². The molecule has 2 aromatic carbocycles. The Hall–Kier alpha value is -3.88. The first kappa shape index (κ1) is 31.5. The van der Waals surface area contributed by atoms with Crippen molar-refractivity contribution in [2.75, 3.05) is 32.7 Å². The summed E-state index contributed by atoms with van der Waals surface area (Å²) in [6.45, 7) is 12.9. The SMILES string of the molecule is Cc1cccc2c(CCNCc3ccc(CN(CCNC(C)c4ccccn4)CCNC(C)c4ccccn4)cc3)c[nH]c12. The summed E-state index contributed by atoms with van der Waals surface area (Å²) in [5, 5.41) is 12.3. The van der Waals surface area contributed by atoms with Crippen molar-refractivity contribution in [2.24, 2.45) is 0 Å². The van der Waals surface area contributed by atoms with Gasteiger partial charge in [-0.05, 0) is 80.3 Å². The highest BCUT2D eigenvalue weighted by molar-refractivity contribution is 5.85. The van der Waals surface area contributed by atoms with Gasteiger partial charge in [-0.1, -0.05) is 54.6 Å². The number of H-pyrrole nitrogens is 1. The van der Waals surface area contributed by atoms with Crippen LogP contribution >= 0.6 is 0 Å². The van der Waals surface area contributed by atoms with Gasteiger partial charge in [-0.3, -0.25) is 14.9 Å². The summed E-state index contributed by atoms with van der Waals surface area (Å²) in [6, 6.07) is 28.2. The Balaban J connectivity index is 1.10. The fraction of sp³-hybridized carbons (Fsp3) is 0.351. The molecule has 0 saturated carbocycles. The molecule has 0 aliphatic heterocycles. The van der Waals surface area contributed by atoms with E-state index in [4.69, 9.17) is 0 Å². The molecule has 0 spiro atoms. The van der Waals surface area contributed by atoms with E-state index in [1.807, 2.05) is 36.7 Å². The highest BCUT2D eigenvalue weighted by atomic mass is 15.2. The lowest BCUT2D eigenvalue weighted by atomic mass is 10.1. The van der Waals surface area contributed by atoms with Gasteiger partial charge in [-0.25, -0.2) is 0 Å². The van der Waals surface area contributed by atoms with Gasteiger partial charge in [0.2, 0.25) is 0 Å². The van der Waals surface area contributed by atoms with Gasteiger partial charge < -0.3 is 20.9 Å². The Labute approximate surface area is 262 Å². The number of nitrogens with zero attached hydrogens (tertiary/aromatic N) is 3. The van der Waals surface area contributed by atoms with E-state index in [0.717, 1.165) is 63.6 Å². The molecule has 3 aromatic heterocycles. The number of aromatic amines is 1. The normalized spacial score (nSPS) is 13.0. The van der Waals surface area contributed by atoms with Gasteiger partial charge in [0.1, 0.15) is 0 Å². The van der Waals surface area contributed by atoms with Gasteiger partial charge in [-0.2, -0.15) is 0 Å². The standard InChI is InChI=1S/C37H47N7/c1-28-9-8-10-34-33(26-43-37(28)34)17-20-38-25-31-13-15-32(16-14-31)27-44(23-21-39-29(2)35-11-4-6-18-41-35)24-22-40-30(3)36-12-5-7-19-42-36/h4-16,18-19,26,29-30,38-40,43H,17,20-25,27H2,1-3H3. The van der Waals surface area contributed by atoms with Crippen LogP contribution in [0.15, 0.2) is 97.5 Å². The number of aryl methyl sites for hydroxylation is 1. The molecular weight excluding hydrogens is 542 g/mol. The van der Waals surface area contributed by atoms with Crippen molar-refractivity contribution in [3.63, 3.8) is 0 Å². The number of para-hydroxylation sites is 1. The van der Waals surface area contributed by atoms with Crippen LogP contribution in [0.3, 0.4) is 0 Å². The molecule has 44 heavy (non-hydrogen) atoms. The Morgan fingerprint density at radius 2 is 1.36 bits per heavy atom. The average Bonchev–Trinajstić information content (AvgIpc) is 3.48. The van der Waals surface area contributed by atoms with Crippen molar-refractivity contribution in [1.82, 2.24) is 35.8 Å². The largest absolute Gasteiger partial charge is 0.361 e. The maximum Gasteiger partial charge on any atom is 0.0570 e. The van der Waals surface area contributed by atoms with Crippen LogP contribution in [0.25, 0.3) is 10.9 Å². The lowest BCUT2D eigenvalue weighted by Crippen LogP contribution is -2.37. The van der Waals surface area contributed by atoms with E-state index < -0.39 is 0 Å². The van der Waals surface area contributed by atoms with E-state index in [1.165, 1.54) is 33.2 Å². The van der Waals surface area contributed by atoms with Crippen LogP contribution in [0, 0.1) is 6.92 Å². The average molecular weight is 590 g/mol. The molecule has 0 bridgehead atoms. The molecule has 0 radical (unpaired) electrons. The quantitative estimate of drug-likeness (QED) is 0.0982. The summed E-state index contributed by atoms with van der Waals surface area (Å²) in [6.07, 6.45) is 6.88. The first-order chi connectivity index (χ1) is 21.6. The number of rotatable bonds is 17. The van der Waals surface area contributed by atoms with Gasteiger partial charge in [0.05, 0.1) is 11.4 Å². The number of hydrogen-bond donors (Lipinski definition) is 4. The molecule has 0 fully saturated rings. The van der Waals surface area contributed by atoms with E-state index in [0.29, 0.717) is 0 Å². The van der Waals surface area contributed by atoms with Crippen LogP contribution in [-0.4, -0.2) is 52.6 Å². The smallest absolute Gasteiger partial charge is 0.0570 e. The molecule has 0 aliphatic carbocycles. The van der Waals surface area contributed by atoms with Crippen LogP contribution in [0.1, 0.15) is 59.6 Å². The molecule has 2 atom stereocenters. The molecule has 230 valence electrons. The van der Waals surface area contributed by atoms with Gasteiger partial charge in [0, 0.05) is 80.8 Å². The van der Waals surface area contributed by atoms with Crippen molar-refractivity contribution in [1.29, 1.82) is 0 Å². The Morgan fingerprint density at radius 3 is 1.98 bits per heavy atom. The Kier molecular flexibility index (Phi) is 11.7. The van der Waals surface area contributed by atoms with Crippen LogP contribution < -0.4 is 16.0 Å². The summed E-state index contributed by atoms with van der Waals surface area (Å²) in [5.74, 6) is 0. The molecule has 5 rings (SSSR count). The summed E-state index contributed by atoms with van der Waals surface area (Å²) in [5.41, 5.74) is 8.72. The number of aromatic nitrogens is 3. The van der Waals surface area contributed by atoms with Crippen LogP contribution in [0.5, 0.6) is 0 Å². The summed E-state index contributed by atoms with van der Waals surface area (Å²) in [7, 11) is 0. The summed E-state index contributed by atoms with van der Waals surface area (Å²) < 4.78 is 0. The number of nitrogens with one attached hydrogen (secondary N) is 4. The van der Waals surface area contributed by atoms with Crippen molar-refractivity contribution in [3.8, 4) is 0 Å². The molecule has 4 N–H and O–H groups in total. The molecule has 0 saturated heterocycles. The van der Waals surface area contributed by atoms with Crippen LogP contribution in [0.2, 0.25) is 0 Å². The van der Waals surface area contributed by atoms with Crippen LogP contribution in [0.4, 0.5) is 0 Å². The van der Waals surface area contributed by atoms with E-state index in [2.05, 4.69) is 117 Å². The van der Waals surface area contributed by atoms with Gasteiger partial charge in [0.25, 0.3) is 0 Å².